The van der Waals surface area contributed by atoms with E-state index in [1.807, 2.05) is 0 Å². The Labute approximate surface area is 84.2 Å². The highest BCUT2D eigenvalue weighted by Gasteiger charge is 2.37. The van der Waals surface area contributed by atoms with E-state index in [2.05, 4.69) is 45.7 Å². The molecule has 0 saturated heterocycles. The zero-order chi connectivity index (χ0) is 8.65. The summed E-state index contributed by atoms with van der Waals surface area (Å²) in [5.74, 6) is 0.322. The zero-order valence-electron chi connectivity index (χ0n) is 6.73. The average Bonchev–Trinajstić information content (AvgIpc) is 1.81. The number of rotatable bonds is 0. The highest BCUT2D eigenvalue weighted by molar-refractivity contribution is 9.12. The molecular formula is C8H12Br2O. The molecule has 1 nitrogen and oxygen atoms in total. The summed E-state index contributed by atoms with van der Waals surface area (Å²) in [6.45, 7) is 4.27. The largest absolute Gasteiger partial charge is 0.298 e. The van der Waals surface area contributed by atoms with Gasteiger partial charge in [0.2, 0.25) is 0 Å². The van der Waals surface area contributed by atoms with Gasteiger partial charge >= 0.3 is 0 Å². The first kappa shape index (κ1) is 9.72. The van der Waals surface area contributed by atoms with Crippen LogP contribution in [0, 0.1) is 5.41 Å². The van der Waals surface area contributed by atoms with Gasteiger partial charge in [-0.2, -0.15) is 0 Å². The van der Waals surface area contributed by atoms with Crippen LogP contribution in [0.15, 0.2) is 0 Å². The van der Waals surface area contributed by atoms with Gasteiger partial charge < -0.3 is 0 Å². The summed E-state index contributed by atoms with van der Waals surface area (Å²) in [6, 6.07) is 0. The summed E-state index contributed by atoms with van der Waals surface area (Å²) in [5, 5.41) is 0. The lowest BCUT2D eigenvalue weighted by Gasteiger charge is -2.34. The Kier molecular flexibility index (Phi) is 2.80. The van der Waals surface area contributed by atoms with Gasteiger partial charge in [-0.05, 0) is 11.8 Å². The number of carbonyl (C=O) groups excluding carboxylic acids is 1. The van der Waals surface area contributed by atoms with Gasteiger partial charge in [0.05, 0.1) is 4.83 Å². The Morgan fingerprint density at radius 2 is 2.00 bits per heavy atom. The fourth-order valence-electron chi connectivity index (χ4n) is 1.47. The topological polar surface area (TPSA) is 17.1 Å². The van der Waals surface area contributed by atoms with E-state index in [0.717, 1.165) is 6.42 Å². The van der Waals surface area contributed by atoms with E-state index in [0.29, 0.717) is 17.0 Å². The standard InChI is InChI=1S/C8H12Br2O/c1-8(2)3-5(9)7(10)6(11)4-8/h5,7H,3-4H2,1-2H3. The Balaban J connectivity index is 2.70. The number of Topliss-reactive ketones (excluding diaryl/α,β-unsaturated/α-hetero) is 1. The number of hydrogen-bond donors (Lipinski definition) is 0. The molecule has 0 heterocycles. The molecule has 11 heavy (non-hydrogen) atoms. The van der Waals surface area contributed by atoms with Crippen molar-refractivity contribution in [2.24, 2.45) is 5.41 Å². The minimum absolute atomic E-state index is 0.0236. The first-order valence-corrected chi connectivity index (χ1v) is 5.56. The van der Waals surface area contributed by atoms with Crippen molar-refractivity contribution in [2.75, 3.05) is 0 Å². The monoisotopic (exact) mass is 282 g/mol. The maximum atomic E-state index is 11.3. The molecule has 1 saturated carbocycles. The van der Waals surface area contributed by atoms with E-state index in [1.54, 1.807) is 0 Å². The third-order valence-electron chi connectivity index (χ3n) is 2.03. The van der Waals surface area contributed by atoms with E-state index in [4.69, 9.17) is 0 Å². The zero-order valence-corrected chi connectivity index (χ0v) is 9.91. The quantitative estimate of drug-likeness (QED) is 0.625. The van der Waals surface area contributed by atoms with Crippen molar-refractivity contribution in [3.8, 4) is 0 Å². The van der Waals surface area contributed by atoms with Gasteiger partial charge in [-0.15, -0.1) is 0 Å². The molecule has 0 spiro atoms. The smallest absolute Gasteiger partial charge is 0.148 e. The summed E-state index contributed by atoms with van der Waals surface area (Å²) in [7, 11) is 0. The van der Waals surface area contributed by atoms with Crippen LogP contribution in [0.1, 0.15) is 26.7 Å². The Hall–Kier alpha value is 0.630. The maximum Gasteiger partial charge on any atom is 0.148 e. The highest BCUT2D eigenvalue weighted by Crippen LogP contribution is 2.39. The molecule has 2 atom stereocenters. The predicted octanol–water partition coefficient (Wildman–Crippen LogP) is 2.90. The predicted molar refractivity (Wildman–Crippen MR) is 53.5 cm³/mol. The minimum atomic E-state index is 0.0236. The molecule has 0 radical (unpaired) electrons. The molecule has 3 heteroatoms. The molecule has 1 fully saturated rings. The third kappa shape index (κ3) is 2.28. The normalized spacial score (nSPS) is 37.3. The van der Waals surface area contributed by atoms with Crippen LogP contribution in [0.3, 0.4) is 0 Å². The van der Waals surface area contributed by atoms with Crippen LogP contribution < -0.4 is 0 Å². The molecule has 1 aliphatic carbocycles. The summed E-state index contributed by atoms with van der Waals surface area (Å²) in [5.41, 5.74) is 0.176. The van der Waals surface area contributed by atoms with Gasteiger partial charge in [0.1, 0.15) is 5.78 Å². The van der Waals surface area contributed by atoms with Crippen molar-refractivity contribution in [3.05, 3.63) is 0 Å². The van der Waals surface area contributed by atoms with Gasteiger partial charge in [0.15, 0.2) is 0 Å². The second-order valence-electron chi connectivity index (χ2n) is 3.93. The summed E-state index contributed by atoms with van der Waals surface area (Å²) in [6.07, 6.45) is 1.76. The van der Waals surface area contributed by atoms with Crippen molar-refractivity contribution >= 4 is 37.6 Å². The molecule has 0 aromatic rings. The van der Waals surface area contributed by atoms with Crippen molar-refractivity contribution in [2.45, 2.75) is 36.3 Å². The lowest BCUT2D eigenvalue weighted by Crippen LogP contribution is -2.38. The molecule has 0 aromatic heterocycles. The first-order valence-electron chi connectivity index (χ1n) is 3.73. The summed E-state index contributed by atoms with van der Waals surface area (Å²) in [4.78, 5) is 11.7. The lowest BCUT2D eigenvalue weighted by molar-refractivity contribution is -0.121. The molecule has 0 bridgehead atoms. The van der Waals surface area contributed by atoms with Crippen LogP contribution in [0.2, 0.25) is 0 Å². The molecule has 1 aliphatic rings. The van der Waals surface area contributed by atoms with E-state index in [1.165, 1.54) is 0 Å². The van der Waals surface area contributed by atoms with Gasteiger partial charge in [-0.25, -0.2) is 0 Å². The molecule has 0 N–H and O–H groups in total. The van der Waals surface area contributed by atoms with Crippen LogP contribution in [0.5, 0.6) is 0 Å². The Bertz CT molecular complexity index is 177. The van der Waals surface area contributed by atoms with E-state index >= 15 is 0 Å². The van der Waals surface area contributed by atoms with Crippen LogP contribution >= 0.6 is 31.9 Å². The summed E-state index contributed by atoms with van der Waals surface area (Å²) < 4.78 is 0. The third-order valence-corrected chi connectivity index (χ3v) is 4.74. The van der Waals surface area contributed by atoms with Gasteiger partial charge in [-0.1, -0.05) is 45.7 Å². The van der Waals surface area contributed by atoms with Crippen molar-refractivity contribution in [3.63, 3.8) is 0 Å². The van der Waals surface area contributed by atoms with Crippen LogP contribution in [-0.4, -0.2) is 15.4 Å². The van der Waals surface area contributed by atoms with E-state index in [9.17, 15) is 4.79 Å². The molecule has 0 amide bonds. The number of hydrogen-bond acceptors (Lipinski definition) is 1. The Morgan fingerprint density at radius 1 is 1.45 bits per heavy atom. The number of ketones is 1. The molecule has 2 unspecified atom stereocenters. The van der Waals surface area contributed by atoms with Crippen LogP contribution in [0.4, 0.5) is 0 Å². The van der Waals surface area contributed by atoms with Crippen molar-refractivity contribution < 1.29 is 4.79 Å². The van der Waals surface area contributed by atoms with E-state index < -0.39 is 0 Å². The second-order valence-corrected chi connectivity index (χ2v) is 6.09. The highest BCUT2D eigenvalue weighted by atomic mass is 79.9. The molecule has 0 aromatic carbocycles. The first-order chi connectivity index (χ1) is 4.92. The fraction of sp³-hybridized carbons (Fsp3) is 0.875. The second kappa shape index (κ2) is 3.17. The molecular weight excluding hydrogens is 272 g/mol. The van der Waals surface area contributed by atoms with E-state index in [-0.39, 0.29) is 10.2 Å². The van der Waals surface area contributed by atoms with Gasteiger partial charge in [0, 0.05) is 11.2 Å². The molecule has 64 valence electrons. The maximum absolute atomic E-state index is 11.3. The minimum Gasteiger partial charge on any atom is -0.298 e. The van der Waals surface area contributed by atoms with Crippen LogP contribution in [-0.2, 0) is 4.79 Å². The lowest BCUT2D eigenvalue weighted by atomic mass is 9.77. The molecule has 0 aliphatic heterocycles. The van der Waals surface area contributed by atoms with Crippen molar-refractivity contribution in [1.29, 1.82) is 0 Å². The molecule has 1 rings (SSSR count). The Morgan fingerprint density at radius 3 is 2.45 bits per heavy atom. The van der Waals surface area contributed by atoms with Gasteiger partial charge in [-0.3, -0.25) is 4.79 Å². The number of alkyl halides is 2. The SMILES string of the molecule is CC1(C)CC(=O)C(Br)C(Br)C1. The number of carbonyl (C=O) groups is 1. The fourth-order valence-corrected chi connectivity index (χ4v) is 2.99. The number of halogens is 2. The summed E-state index contributed by atoms with van der Waals surface area (Å²) >= 11 is 6.88. The van der Waals surface area contributed by atoms with Gasteiger partial charge in [0.25, 0.3) is 0 Å². The van der Waals surface area contributed by atoms with Crippen molar-refractivity contribution in [1.82, 2.24) is 0 Å². The van der Waals surface area contributed by atoms with Crippen LogP contribution in [0.25, 0.3) is 0 Å². The average molecular weight is 284 g/mol.